The van der Waals surface area contributed by atoms with Crippen LogP contribution in [0.2, 0.25) is 0 Å². The standard InChI is InChI=1S/C13H26N2O/c1-10(2)15-6-4-5-12(9-15)7-13-14-8-11(3)16-13/h10-14H,4-9H2,1-3H3. The van der Waals surface area contributed by atoms with E-state index in [0.29, 0.717) is 18.4 Å². The molecule has 2 aliphatic rings. The molecule has 0 aromatic rings. The maximum Gasteiger partial charge on any atom is 0.108 e. The van der Waals surface area contributed by atoms with Crippen molar-refractivity contribution in [1.82, 2.24) is 10.2 Å². The van der Waals surface area contributed by atoms with Crippen LogP contribution in [0.3, 0.4) is 0 Å². The molecule has 94 valence electrons. The Bertz CT molecular complexity index is 220. The summed E-state index contributed by atoms with van der Waals surface area (Å²) in [6, 6.07) is 0.694. The molecule has 16 heavy (non-hydrogen) atoms. The molecule has 0 aromatic carbocycles. The zero-order valence-electron chi connectivity index (χ0n) is 10.9. The number of rotatable bonds is 3. The van der Waals surface area contributed by atoms with E-state index in [9.17, 15) is 0 Å². The van der Waals surface area contributed by atoms with Crippen LogP contribution < -0.4 is 5.32 Å². The second kappa shape index (κ2) is 5.48. The zero-order valence-corrected chi connectivity index (χ0v) is 10.9. The van der Waals surface area contributed by atoms with E-state index in [2.05, 4.69) is 31.0 Å². The molecule has 0 bridgehead atoms. The van der Waals surface area contributed by atoms with E-state index in [1.165, 1.54) is 32.4 Å². The monoisotopic (exact) mass is 226 g/mol. The number of hydrogen-bond donors (Lipinski definition) is 1. The van der Waals surface area contributed by atoms with Crippen molar-refractivity contribution in [2.24, 2.45) is 5.92 Å². The highest BCUT2D eigenvalue weighted by Crippen LogP contribution is 2.24. The van der Waals surface area contributed by atoms with Gasteiger partial charge in [0.05, 0.1) is 6.10 Å². The highest BCUT2D eigenvalue weighted by molar-refractivity contribution is 4.79. The van der Waals surface area contributed by atoms with Crippen LogP contribution in [0.25, 0.3) is 0 Å². The van der Waals surface area contributed by atoms with Gasteiger partial charge in [-0.2, -0.15) is 0 Å². The Labute approximate surface area is 99.5 Å². The molecule has 0 spiro atoms. The van der Waals surface area contributed by atoms with Gasteiger partial charge >= 0.3 is 0 Å². The van der Waals surface area contributed by atoms with E-state index < -0.39 is 0 Å². The van der Waals surface area contributed by atoms with E-state index in [-0.39, 0.29) is 0 Å². The molecule has 2 aliphatic heterocycles. The van der Waals surface area contributed by atoms with Gasteiger partial charge in [-0.05, 0) is 52.5 Å². The van der Waals surface area contributed by atoms with Crippen LogP contribution in [0.15, 0.2) is 0 Å². The highest BCUT2D eigenvalue weighted by atomic mass is 16.5. The fourth-order valence-electron chi connectivity index (χ4n) is 2.87. The van der Waals surface area contributed by atoms with Gasteiger partial charge in [0.25, 0.3) is 0 Å². The number of ether oxygens (including phenoxy) is 1. The molecule has 0 saturated carbocycles. The Morgan fingerprint density at radius 2 is 2.25 bits per heavy atom. The summed E-state index contributed by atoms with van der Waals surface area (Å²) in [6.45, 7) is 10.3. The lowest BCUT2D eigenvalue weighted by atomic mass is 9.93. The minimum Gasteiger partial charge on any atom is -0.359 e. The topological polar surface area (TPSA) is 24.5 Å². The second-order valence-corrected chi connectivity index (χ2v) is 5.68. The van der Waals surface area contributed by atoms with Crippen molar-refractivity contribution in [2.75, 3.05) is 19.6 Å². The normalized spacial score (nSPS) is 37.1. The maximum atomic E-state index is 5.83. The SMILES string of the molecule is CC1CNC(CC2CCCN(C(C)C)C2)O1. The molecular weight excluding hydrogens is 200 g/mol. The Balaban J connectivity index is 1.77. The van der Waals surface area contributed by atoms with Crippen LogP contribution in [0.1, 0.15) is 40.0 Å². The molecule has 0 radical (unpaired) electrons. The van der Waals surface area contributed by atoms with Crippen molar-refractivity contribution in [2.45, 2.75) is 58.4 Å². The molecule has 3 nitrogen and oxygen atoms in total. The third-order valence-electron chi connectivity index (χ3n) is 3.86. The Kier molecular flexibility index (Phi) is 4.22. The lowest BCUT2D eigenvalue weighted by Crippen LogP contribution is -2.41. The molecule has 1 N–H and O–H groups in total. The molecule has 2 heterocycles. The summed E-state index contributed by atoms with van der Waals surface area (Å²) in [5, 5.41) is 3.46. The Morgan fingerprint density at radius 1 is 1.44 bits per heavy atom. The molecule has 3 heteroatoms. The molecule has 2 saturated heterocycles. The number of nitrogens with zero attached hydrogens (tertiary/aromatic N) is 1. The average Bonchev–Trinajstić information content (AvgIpc) is 2.64. The van der Waals surface area contributed by atoms with Gasteiger partial charge in [-0.15, -0.1) is 0 Å². The molecule has 3 atom stereocenters. The second-order valence-electron chi connectivity index (χ2n) is 5.68. The molecule has 0 amide bonds. The van der Waals surface area contributed by atoms with E-state index in [0.717, 1.165) is 12.5 Å². The van der Waals surface area contributed by atoms with Crippen LogP contribution in [-0.2, 0) is 4.74 Å². The van der Waals surface area contributed by atoms with Crippen molar-refractivity contribution in [3.63, 3.8) is 0 Å². The average molecular weight is 226 g/mol. The van der Waals surface area contributed by atoms with Crippen molar-refractivity contribution < 1.29 is 4.74 Å². The Hall–Kier alpha value is -0.120. The number of likely N-dealkylation sites (tertiary alicyclic amines) is 1. The predicted octanol–water partition coefficient (Wildman–Crippen LogP) is 1.83. The quantitative estimate of drug-likeness (QED) is 0.794. The lowest BCUT2D eigenvalue weighted by Gasteiger charge is -2.36. The number of piperidine rings is 1. The van der Waals surface area contributed by atoms with Crippen LogP contribution >= 0.6 is 0 Å². The molecule has 2 rings (SSSR count). The maximum absolute atomic E-state index is 5.83. The van der Waals surface area contributed by atoms with Crippen LogP contribution in [-0.4, -0.2) is 42.9 Å². The number of nitrogens with one attached hydrogen (secondary N) is 1. The van der Waals surface area contributed by atoms with Crippen LogP contribution in [0, 0.1) is 5.92 Å². The summed E-state index contributed by atoms with van der Waals surface area (Å²) in [7, 11) is 0. The first kappa shape index (κ1) is 12.3. The zero-order chi connectivity index (χ0) is 11.5. The van der Waals surface area contributed by atoms with E-state index in [1.54, 1.807) is 0 Å². The fourth-order valence-corrected chi connectivity index (χ4v) is 2.87. The van der Waals surface area contributed by atoms with Gasteiger partial charge in [-0.3, -0.25) is 5.32 Å². The summed E-state index contributed by atoms with van der Waals surface area (Å²) < 4.78 is 5.83. The molecule has 0 aliphatic carbocycles. The van der Waals surface area contributed by atoms with Crippen LogP contribution in [0.5, 0.6) is 0 Å². The van der Waals surface area contributed by atoms with Gasteiger partial charge in [-0.1, -0.05) is 0 Å². The molecule has 2 fully saturated rings. The van der Waals surface area contributed by atoms with Gasteiger partial charge in [0.15, 0.2) is 0 Å². The van der Waals surface area contributed by atoms with E-state index >= 15 is 0 Å². The minimum atomic E-state index is 0.312. The lowest BCUT2D eigenvalue weighted by molar-refractivity contribution is 0.0220. The summed E-state index contributed by atoms with van der Waals surface area (Å²) in [5.74, 6) is 0.818. The van der Waals surface area contributed by atoms with Gasteiger partial charge < -0.3 is 9.64 Å². The number of hydrogen-bond acceptors (Lipinski definition) is 3. The largest absolute Gasteiger partial charge is 0.359 e. The van der Waals surface area contributed by atoms with E-state index in [4.69, 9.17) is 4.74 Å². The molecule has 3 unspecified atom stereocenters. The first-order valence-corrected chi connectivity index (χ1v) is 6.78. The van der Waals surface area contributed by atoms with Gasteiger partial charge in [0.1, 0.15) is 6.23 Å². The smallest absolute Gasteiger partial charge is 0.108 e. The highest BCUT2D eigenvalue weighted by Gasteiger charge is 2.27. The predicted molar refractivity (Wildman–Crippen MR) is 66.4 cm³/mol. The molecule has 0 aromatic heterocycles. The van der Waals surface area contributed by atoms with Gasteiger partial charge in [-0.25, -0.2) is 0 Å². The summed E-state index contributed by atoms with van der Waals surface area (Å²) >= 11 is 0. The van der Waals surface area contributed by atoms with E-state index in [1.807, 2.05) is 0 Å². The first-order valence-electron chi connectivity index (χ1n) is 6.78. The van der Waals surface area contributed by atoms with Gasteiger partial charge in [0, 0.05) is 19.1 Å². The summed E-state index contributed by atoms with van der Waals surface area (Å²) in [4.78, 5) is 2.60. The first-order chi connectivity index (χ1) is 7.65. The summed E-state index contributed by atoms with van der Waals surface area (Å²) in [5.41, 5.74) is 0. The van der Waals surface area contributed by atoms with Crippen molar-refractivity contribution in [3.05, 3.63) is 0 Å². The summed E-state index contributed by atoms with van der Waals surface area (Å²) in [6.07, 6.45) is 4.62. The minimum absolute atomic E-state index is 0.312. The Morgan fingerprint density at radius 3 is 2.88 bits per heavy atom. The van der Waals surface area contributed by atoms with Gasteiger partial charge in [0.2, 0.25) is 0 Å². The molecular formula is C13H26N2O. The third-order valence-corrected chi connectivity index (χ3v) is 3.86. The van der Waals surface area contributed by atoms with Crippen molar-refractivity contribution in [1.29, 1.82) is 0 Å². The van der Waals surface area contributed by atoms with Crippen LogP contribution in [0.4, 0.5) is 0 Å². The van der Waals surface area contributed by atoms with Crippen molar-refractivity contribution in [3.8, 4) is 0 Å². The third kappa shape index (κ3) is 3.19. The van der Waals surface area contributed by atoms with Crippen molar-refractivity contribution >= 4 is 0 Å². The fraction of sp³-hybridized carbons (Fsp3) is 1.00.